The maximum atomic E-state index is 12.5. The van der Waals surface area contributed by atoms with Crippen LogP contribution in [0.15, 0.2) is 0 Å². The average Bonchev–Trinajstić information content (AvgIpc) is 2.64. The molecular formula is C14H23NO5. The largest absolute Gasteiger partial charge is 0.480 e. The zero-order valence-corrected chi connectivity index (χ0v) is 12.2. The Kier molecular flexibility index (Phi) is 4.34. The van der Waals surface area contributed by atoms with Gasteiger partial charge in [0, 0.05) is 26.1 Å². The Morgan fingerprint density at radius 1 is 1.15 bits per heavy atom. The van der Waals surface area contributed by atoms with E-state index in [0.717, 1.165) is 0 Å². The number of rotatable bonds is 3. The van der Waals surface area contributed by atoms with Gasteiger partial charge in [-0.2, -0.15) is 0 Å². The van der Waals surface area contributed by atoms with Crippen molar-refractivity contribution in [3.05, 3.63) is 0 Å². The van der Waals surface area contributed by atoms with Gasteiger partial charge in [-0.1, -0.05) is 6.92 Å². The molecule has 4 unspecified atom stereocenters. The van der Waals surface area contributed by atoms with Gasteiger partial charge in [0.25, 0.3) is 0 Å². The number of carboxylic acids is 1. The first-order valence-electron chi connectivity index (χ1n) is 7.16. The van der Waals surface area contributed by atoms with Crippen LogP contribution in [-0.4, -0.2) is 47.9 Å². The van der Waals surface area contributed by atoms with Gasteiger partial charge < -0.3 is 19.9 Å². The summed E-state index contributed by atoms with van der Waals surface area (Å²) >= 11 is 0. The molecule has 0 aliphatic carbocycles. The molecule has 0 aromatic rings. The molecule has 6 heteroatoms. The molecule has 2 aliphatic rings. The van der Waals surface area contributed by atoms with Crippen LogP contribution in [0.2, 0.25) is 0 Å². The normalized spacial score (nSPS) is 36.5. The van der Waals surface area contributed by atoms with Crippen LogP contribution < -0.4 is 5.32 Å². The maximum Gasteiger partial charge on any atom is 0.329 e. The molecule has 20 heavy (non-hydrogen) atoms. The Balaban J connectivity index is 2.11. The lowest BCUT2D eigenvalue weighted by Gasteiger charge is -2.35. The van der Waals surface area contributed by atoms with Gasteiger partial charge in [0.1, 0.15) is 5.54 Å². The molecule has 6 nitrogen and oxygen atoms in total. The van der Waals surface area contributed by atoms with Crippen LogP contribution in [0.5, 0.6) is 0 Å². The zero-order valence-electron chi connectivity index (χ0n) is 12.2. The van der Waals surface area contributed by atoms with Crippen molar-refractivity contribution in [1.82, 2.24) is 5.32 Å². The Morgan fingerprint density at radius 2 is 1.75 bits per heavy atom. The monoisotopic (exact) mass is 285 g/mol. The van der Waals surface area contributed by atoms with E-state index in [-0.39, 0.29) is 30.0 Å². The van der Waals surface area contributed by atoms with Gasteiger partial charge in [-0.15, -0.1) is 0 Å². The average molecular weight is 285 g/mol. The third kappa shape index (κ3) is 2.67. The molecule has 2 fully saturated rings. The minimum absolute atomic E-state index is 0.0104. The van der Waals surface area contributed by atoms with E-state index >= 15 is 0 Å². The number of hydrogen-bond acceptors (Lipinski definition) is 4. The van der Waals surface area contributed by atoms with Crippen molar-refractivity contribution in [3.8, 4) is 0 Å². The van der Waals surface area contributed by atoms with E-state index < -0.39 is 11.5 Å². The third-order valence-corrected chi connectivity index (χ3v) is 4.66. The van der Waals surface area contributed by atoms with E-state index in [9.17, 15) is 14.7 Å². The summed E-state index contributed by atoms with van der Waals surface area (Å²) in [7, 11) is 0. The summed E-state index contributed by atoms with van der Waals surface area (Å²) in [5.41, 5.74) is -1.19. The molecule has 0 radical (unpaired) electrons. The summed E-state index contributed by atoms with van der Waals surface area (Å²) in [5, 5.41) is 12.2. The van der Waals surface area contributed by atoms with Gasteiger partial charge in [0.05, 0.1) is 18.1 Å². The van der Waals surface area contributed by atoms with Crippen LogP contribution in [0.1, 0.15) is 33.6 Å². The van der Waals surface area contributed by atoms with E-state index in [4.69, 9.17) is 9.47 Å². The minimum atomic E-state index is -1.19. The SMILES string of the molecule is CC1OC(C)C(C(=O)NC2(C(=O)O)CCOCC2)C1C. The van der Waals surface area contributed by atoms with Crippen molar-refractivity contribution in [2.45, 2.75) is 51.4 Å². The topological polar surface area (TPSA) is 84.9 Å². The predicted octanol–water partition coefficient (Wildman–Crippen LogP) is 0.796. The summed E-state index contributed by atoms with van der Waals surface area (Å²) in [6.45, 7) is 6.48. The molecule has 2 aliphatic heterocycles. The van der Waals surface area contributed by atoms with Crippen LogP contribution in [0.3, 0.4) is 0 Å². The molecule has 114 valence electrons. The first-order chi connectivity index (χ1) is 9.37. The van der Waals surface area contributed by atoms with Crippen molar-refractivity contribution in [3.63, 3.8) is 0 Å². The van der Waals surface area contributed by atoms with Gasteiger partial charge >= 0.3 is 5.97 Å². The lowest BCUT2D eigenvalue weighted by atomic mass is 9.85. The van der Waals surface area contributed by atoms with Crippen molar-refractivity contribution in [1.29, 1.82) is 0 Å². The first kappa shape index (κ1) is 15.3. The number of hydrogen-bond donors (Lipinski definition) is 2. The molecule has 2 N–H and O–H groups in total. The Morgan fingerprint density at radius 3 is 2.20 bits per heavy atom. The fraction of sp³-hybridized carbons (Fsp3) is 0.857. The van der Waals surface area contributed by atoms with E-state index in [1.165, 1.54) is 0 Å². The summed E-state index contributed by atoms with van der Waals surface area (Å²) in [5.74, 6) is -1.43. The number of carboxylic acid groups (broad SMARTS) is 1. The lowest BCUT2D eigenvalue weighted by Crippen LogP contribution is -2.59. The van der Waals surface area contributed by atoms with Gasteiger partial charge in [0.2, 0.25) is 5.91 Å². The lowest BCUT2D eigenvalue weighted by molar-refractivity contribution is -0.153. The number of carbonyl (C=O) groups is 2. The Hall–Kier alpha value is -1.14. The Labute approximate surface area is 118 Å². The fourth-order valence-electron chi connectivity index (χ4n) is 3.15. The van der Waals surface area contributed by atoms with E-state index in [1.54, 1.807) is 0 Å². The molecule has 0 aromatic heterocycles. The quantitative estimate of drug-likeness (QED) is 0.801. The molecule has 2 saturated heterocycles. The van der Waals surface area contributed by atoms with E-state index in [2.05, 4.69) is 5.32 Å². The standard InChI is InChI=1S/C14H23NO5/c1-8-9(2)20-10(3)11(8)12(16)15-14(13(17)18)4-6-19-7-5-14/h8-11H,4-7H2,1-3H3,(H,15,16)(H,17,18). The number of nitrogens with one attached hydrogen (secondary N) is 1. The number of aliphatic carboxylic acids is 1. The van der Waals surface area contributed by atoms with Crippen molar-refractivity contribution < 1.29 is 24.2 Å². The van der Waals surface area contributed by atoms with Crippen LogP contribution in [0.25, 0.3) is 0 Å². The van der Waals surface area contributed by atoms with Crippen LogP contribution in [0, 0.1) is 11.8 Å². The minimum Gasteiger partial charge on any atom is -0.480 e. The predicted molar refractivity (Wildman–Crippen MR) is 71.2 cm³/mol. The van der Waals surface area contributed by atoms with Crippen molar-refractivity contribution in [2.75, 3.05) is 13.2 Å². The van der Waals surface area contributed by atoms with E-state index in [1.807, 2.05) is 20.8 Å². The fourth-order valence-corrected chi connectivity index (χ4v) is 3.15. The van der Waals surface area contributed by atoms with Crippen LogP contribution in [-0.2, 0) is 19.1 Å². The second kappa shape index (κ2) is 5.69. The third-order valence-electron chi connectivity index (χ3n) is 4.66. The number of amides is 1. The summed E-state index contributed by atoms with van der Waals surface area (Å²) < 4.78 is 10.9. The molecule has 0 spiro atoms. The molecule has 0 bridgehead atoms. The highest BCUT2D eigenvalue weighted by Gasteiger charge is 2.47. The van der Waals surface area contributed by atoms with Gasteiger partial charge in [-0.05, 0) is 19.8 Å². The molecule has 4 atom stereocenters. The van der Waals surface area contributed by atoms with Crippen LogP contribution >= 0.6 is 0 Å². The molecule has 2 heterocycles. The highest BCUT2D eigenvalue weighted by Crippen LogP contribution is 2.33. The molecule has 0 saturated carbocycles. The molecular weight excluding hydrogens is 262 g/mol. The first-order valence-corrected chi connectivity index (χ1v) is 7.16. The van der Waals surface area contributed by atoms with Gasteiger partial charge in [-0.25, -0.2) is 4.79 Å². The molecule has 2 rings (SSSR count). The number of carbonyl (C=O) groups excluding carboxylic acids is 1. The maximum absolute atomic E-state index is 12.5. The molecule has 0 aromatic carbocycles. The highest BCUT2D eigenvalue weighted by molar-refractivity contribution is 5.88. The summed E-state index contributed by atoms with van der Waals surface area (Å²) in [6.07, 6.45) is 0.432. The van der Waals surface area contributed by atoms with Gasteiger partial charge in [-0.3, -0.25) is 4.79 Å². The highest BCUT2D eigenvalue weighted by atomic mass is 16.5. The zero-order chi connectivity index (χ0) is 14.9. The number of ether oxygens (including phenoxy) is 2. The second-order valence-electron chi connectivity index (χ2n) is 5.92. The smallest absolute Gasteiger partial charge is 0.329 e. The van der Waals surface area contributed by atoms with E-state index in [0.29, 0.717) is 26.1 Å². The van der Waals surface area contributed by atoms with Crippen molar-refractivity contribution in [2.24, 2.45) is 11.8 Å². The Bertz CT molecular complexity index is 391. The van der Waals surface area contributed by atoms with Crippen LogP contribution in [0.4, 0.5) is 0 Å². The van der Waals surface area contributed by atoms with Gasteiger partial charge in [0.15, 0.2) is 0 Å². The summed E-state index contributed by atoms with van der Waals surface area (Å²) in [6, 6.07) is 0. The second-order valence-corrected chi connectivity index (χ2v) is 5.92. The summed E-state index contributed by atoms with van der Waals surface area (Å²) in [4.78, 5) is 24.0. The molecule has 1 amide bonds. The van der Waals surface area contributed by atoms with Crippen molar-refractivity contribution >= 4 is 11.9 Å².